The summed E-state index contributed by atoms with van der Waals surface area (Å²) in [6.45, 7) is -0.639. The lowest BCUT2D eigenvalue weighted by Crippen LogP contribution is -2.22. The van der Waals surface area contributed by atoms with Crippen molar-refractivity contribution in [3.8, 4) is 11.5 Å². The highest BCUT2D eigenvalue weighted by molar-refractivity contribution is 14.0. The molecule has 0 spiro atoms. The molecular formula is C18H22F2IN3O2. The van der Waals surface area contributed by atoms with Crippen LogP contribution in [0.15, 0.2) is 47.5 Å². The lowest BCUT2D eigenvalue weighted by atomic mass is 10.1. The molecule has 0 radical (unpaired) electrons. The van der Waals surface area contributed by atoms with Crippen LogP contribution in [-0.4, -0.2) is 19.7 Å². The van der Waals surface area contributed by atoms with Crippen LogP contribution in [0.3, 0.4) is 0 Å². The Morgan fingerprint density at radius 3 is 2.58 bits per heavy atom. The Labute approximate surface area is 168 Å². The minimum atomic E-state index is -2.93. The third-order valence-electron chi connectivity index (χ3n) is 3.48. The first-order valence-electron chi connectivity index (χ1n) is 7.79. The second-order valence-corrected chi connectivity index (χ2v) is 5.24. The fourth-order valence-electron chi connectivity index (χ4n) is 2.24. The van der Waals surface area contributed by atoms with Crippen LogP contribution in [0.5, 0.6) is 11.5 Å². The number of alkyl halides is 2. The lowest BCUT2D eigenvalue weighted by molar-refractivity contribution is -0.0512. The van der Waals surface area contributed by atoms with E-state index in [0.717, 1.165) is 12.1 Å². The summed E-state index contributed by atoms with van der Waals surface area (Å²) in [6, 6.07) is 12.6. The van der Waals surface area contributed by atoms with Crippen molar-refractivity contribution < 1.29 is 18.3 Å². The quantitative estimate of drug-likeness (QED) is 0.353. The normalized spacial score (nSPS) is 11.0. The molecule has 0 aromatic heterocycles. The predicted molar refractivity (Wildman–Crippen MR) is 110 cm³/mol. The third kappa shape index (κ3) is 6.66. The van der Waals surface area contributed by atoms with Gasteiger partial charge in [-0.1, -0.05) is 25.1 Å². The first kappa shape index (κ1) is 21.9. The summed E-state index contributed by atoms with van der Waals surface area (Å²) < 4.78 is 34.4. The van der Waals surface area contributed by atoms with Gasteiger partial charge in [-0.3, -0.25) is 0 Å². The number of halogens is 3. The minimum Gasteiger partial charge on any atom is -0.493 e. The van der Waals surface area contributed by atoms with Gasteiger partial charge in [0, 0.05) is 5.69 Å². The van der Waals surface area contributed by atoms with E-state index in [-0.39, 0.29) is 48.0 Å². The smallest absolute Gasteiger partial charge is 0.387 e. The Bertz CT molecular complexity index is 742. The predicted octanol–water partition coefficient (Wildman–Crippen LogP) is 4.40. The minimum absolute atomic E-state index is 0. The highest BCUT2D eigenvalue weighted by atomic mass is 127. The van der Waals surface area contributed by atoms with E-state index in [1.165, 1.54) is 18.7 Å². The number of ether oxygens (including phenoxy) is 2. The van der Waals surface area contributed by atoms with Gasteiger partial charge in [-0.05, 0) is 41.8 Å². The molecule has 0 aliphatic heterocycles. The Kier molecular flexibility index (Phi) is 9.11. The number of aliphatic imine (C=N–C) groups is 1. The van der Waals surface area contributed by atoms with Gasteiger partial charge < -0.3 is 20.5 Å². The fourth-order valence-corrected chi connectivity index (χ4v) is 2.24. The number of benzene rings is 2. The summed E-state index contributed by atoms with van der Waals surface area (Å²) in [7, 11) is 1.39. The molecule has 26 heavy (non-hydrogen) atoms. The first-order chi connectivity index (χ1) is 12.0. The number of rotatable bonds is 7. The molecule has 3 N–H and O–H groups in total. The number of nitrogens with zero attached hydrogens (tertiary/aromatic N) is 1. The summed E-state index contributed by atoms with van der Waals surface area (Å²) in [6.07, 6.45) is 0.922. The Balaban J connectivity index is 0.00000338. The molecule has 0 unspecified atom stereocenters. The largest absolute Gasteiger partial charge is 0.493 e. The molecular weight excluding hydrogens is 455 g/mol. The number of hydrogen-bond donors (Lipinski definition) is 2. The van der Waals surface area contributed by atoms with Gasteiger partial charge in [0.05, 0.1) is 13.7 Å². The highest BCUT2D eigenvalue weighted by Gasteiger charge is 2.11. The van der Waals surface area contributed by atoms with E-state index in [4.69, 9.17) is 10.5 Å². The molecule has 2 rings (SSSR count). The molecule has 0 aliphatic rings. The Morgan fingerprint density at radius 1 is 1.15 bits per heavy atom. The van der Waals surface area contributed by atoms with E-state index in [1.54, 1.807) is 12.1 Å². The van der Waals surface area contributed by atoms with Crippen LogP contribution in [0.4, 0.5) is 14.5 Å². The van der Waals surface area contributed by atoms with Crippen molar-refractivity contribution in [3.05, 3.63) is 53.6 Å². The van der Waals surface area contributed by atoms with E-state index in [9.17, 15) is 8.78 Å². The summed E-state index contributed by atoms with van der Waals surface area (Å²) in [5, 5.41) is 3.01. The van der Waals surface area contributed by atoms with Crippen molar-refractivity contribution in [2.24, 2.45) is 10.7 Å². The SMILES string of the molecule is CCc1cccc(NC(N)=NCc2ccc(OC)c(OC(F)F)c2)c1.I. The number of anilines is 1. The standard InChI is InChI=1S/C18H21F2N3O2.HI/c1-3-12-5-4-6-14(9-12)23-18(21)22-11-13-7-8-15(24-2)16(10-13)25-17(19)20;/h4-10,17H,3,11H2,1-2H3,(H3,21,22,23);1H. The van der Waals surface area contributed by atoms with E-state index in [0.29, 0.717) is 5.56 Å². The second-order valence-electron chi connectivity index (χ2n) is 5.24. The maximum Gasteiger partial charge on any atom is 0.387 e. The zero-order valence-corrected chi connectivity index (χ0v) is 16.9. The van der Waals surface area contributed by atoms with Gasteiger partial charge in [0.2, 0.25) is 0 Å². The maximum atomic E-state index is 12.5. The third-order valence-corrected chi connectivity index (χ3v) is 3.48. The molecule has 0 atom stereocenters. The van der Waals surface area contributed by atoms with Gasteiger partial charge in [-0.25, -0.2) is 4.99 Å². The number of guanidine groups is 1. The summed E-state index contributed by atoms with van der Waals surface area (Å²) in [4.78, 5) is 4.22. The molecule has 0 amide bonds. The monoisotopic (exact) mass is 477 g/mol. The molecule has 2 aromatic rings. The summed E-state index contributed by atoms with van der Waals surface area (Å²) in [5.41, 5.74) is 8.58. The van der Waals surface area contributed by atoms with Gasteiger partial charge in [0.1, 0.15) is 0 Å². The molecule has 5 nitrogen and oxygen atoms in total. The van der Waals surface area contributed by atoms with Gasteiger partial charge in [0.15, 0.2) is 17.5 Å². The average molecular weight is 477 g/mol. The molecule has 0 saturated carbocycles. The van der Waals surface area contributed by atoms with Crippen LogP contribution in [0.1, 0.15) is 18.1 Å². The van der Waals surface area contributed by atoms with Crippen molar-refractivity contribution in [2.45, 2.75) is 26.5 Å². The molecule has 142 valence electrons. The van der Waals surface area contributed by atoms with Gasteiger partial charge in [-0.2, -0.15) is 8.78 Å². The first-order valence-corrected chi connectivity index (χ1v) is 7.79. The van der Waals surface area contributed by atoms with Crippen LogP contribution in [-0.2, 0) is 13.0 Å². The summed E-state index contributed by atoms with van der Waals surface area (Å²) >= 11 is 0. The van der Waals surface area contributed by atoms with Crippen molar-refractivity contribution in [1.82, 2.24) is 0 Å². The van der Waals surface area contributed by atoms with Crippen LogP contribution >= 0.6 is 24.0 Å². The Morgan fingerprint density at radius 2 is 1.92 bits per heavy atom. The zero-order valence-electron chi connectivity index (χ0n) is 14.5. The van der Waals surface area contributed by atoms with E-state index in [2.05, 4.69) is 22.0 Å². The fraction of sp³-hybridized carbons (Fsp3) is 0.278. The molecule has 2 aromatic carbocycles. The maximum absolute atomic E-state index is 12.5. The molecule has 0 aliphatic carbocycles. The van der Waals surface area contributed by atoms with Crippen LogP contribution in [0, 0.1) is 0 Å². The highest BCUT2D eigenvalue weighted by Crippen LogP contribution is 2.29. The molecule has 8 heteroatoms. The second kappa shape index (κ2) is 10.8. The molecule has 0 bridgehead atoms. The number of methoxy groups -OCH3 is 1. The number of nitrogens with two attached hydrogens (primary N) is 1. The molecule has 0 heterocycles. The number of hydrogen-bond acceptors (Lipinski definition) is 3. The van der Waals surface area contributed by atoms with Gasteiger partial charge in [0.25, 0.3) is 0 Å². The van der Waals surface area contributed by atoms with E-state index < -0.39 is 6.61 Å². The molecule has 0 saturated heterocycles. The van der Waals surface area contributed by atoms with Crippen molar-refractivity contribution >= 4 is 35.6 Å². The van der Waals surface area contributed by atoms with Crippen LogP contribution < -0.4 is 20.5 Å². The number of nitrogens with one attached hydrogen (secondary N) is 1. The van der Waals surface area contributed by atoms with Crippen molar-refractivity contribution in [3.63, 3.8) is 0 Å². The van der Waals surface area contributed by atoms with Crippen LogP contribution in [0.25, 0.3) is 0 Å². The van der Waals surface area contributed by atoms with Crippen molar-refractivity contribution in [2.75, 3.05) is 12.4 Å². The van der Waals surface area contributed by atoms with Crippen molar-refractivity contribution in [1.29, 1.82) is 0 Å². The van der Waals surface area contributed by atoms with E-state index in [1.807, 2.05) is 24.3 Å². The van der Waals surface area contributed by atoms with Crippen LogP contribution in [0.2, 0.25) is 0 Å². The Hall–Kier alpha value is -2.10. The van der Waals surface area contributed by atoms with E-state index >= 15 is 0 Å². The average Bonchev–Trinajstić information content (AvgIpc) is 2.60. The lowest BCUT2D eigenvalue weighted by Gasteiger charge is -2.11. The topological polar surface area (TPSA) is 68.9 Å². The molecule has 0 fully saturated rings. The number of aryl methyl sites for hydroxylation is 1. The zero-order chi connectivity index (χ0) is 18.2. The van der Waals surface area contributed by atoms with Gasteiger partial charge in [-0.15, -0.1) is 24.0 Å². The van der Waals surface area contributed by atoms with Gasteiger partial charge >= 0.3 is 6.61 Å². The summed E-state index contributed by atoms with van der Waals surface area (Å²) in [5.74, 6) is 0.434.